The van der Waals surface area contributed by atoms with Crippen LogP contribution in [0.4, 0.5) is 4.79 Å². The molecular weight excluding hydrogens is 476 g/mol. The van der Waals surface area contributed by atoms with Crippen LogP contribution in [0.2, 0.25) is 0 Å². The van der Waals surface area contributed by atoms with Gasteiger partial charge in [-0.3, -0.25) is 14.4 Å². The van der Waals surface area contributed by atoms with E-state index in [4.69, 9.17) is 4.74 Å². The van der Waals surface area contributed by atoms with Crippen LogP contribution in [0, 0.1) is 17.8 Å². The number of alkyl carbamates (subject to hydrolysis) is 1. The van der Waals surface area contributed by atoms with Crippen molar-refractivity contribution < 1.29 is 28.7 Å². The van der Waals surface area contributed by atoms with Crippen molar-refractivity contribution in [3.8, 4) is 0 Å². The van der Waals surface area contributed by atoms with E-state index in [1.54, 1.807) is 0 Å². The third-order valence-corrected chi connectivity index (χ3v) is 7.87. The van der Waals surface area contributed by atoms with Crippen molar-refractivity contribution in [2.24, 2.45) is 17.8 Å². The summed E-state index contributed by atoms with van der Waals surface area (Å²) >= 11 is 0. The van der Waals surface area contributed by atoms with Gasteiger partial charge in [-0.05, 0) is 43.9 Å². The summed E-state index contributed by atoms with van der Waals surface area (Å²) in [4.78, 5) is 63.3. The predicted molar refractivity (Wildman–Crippen MR) is 137 cm³/mol. The zero-order valence-electron chi connectivity index (χ0n) is 22.3. The fraction of sp³-hybridized carbons (Fsp3) is 0.815. The Morgan fingerprint density at radius 1 is 1.11 bits per heavy atom. The van der Waals surface area contributed by atoms with Crippen LogP contribution in [0.1, 0.15) is 84.5 Å². The lowest BCUT2D eigenvalue weighted by atomic mass is 9.87. The summed E-state index contributed by atoms with van der Waals surface area (Å²) in [6, 6.07) is -1.83. The van der Waals surface area contributed by atoms with Crippen molar-refractivity contribution in [2.75, 3.05) is 19.7 Å². The van der Waals surface area contributed by atoms with Crippen LogP contribution in [0.15, 0.2) is 0 Å². The number of carbonyl (C=O) groups is 5. The first-order valence-electron chi connectivity index (χ1n) is 14.0. The molecule has 0 unspecified atom stereocenters. The molecule has 37 heavy (non-hydrogen) atoms. The van der Waals surface area contributed by atoms with Crippen molar-refractivity contribution >= 4 is 30.1 Å². The number of nitrogens with one attached hydrogen (secondary N) is 3. The molecule has 0 bridgehead atoms. The van der Waals surface area contributed by atoms with E-state index in [1.807, 2.05) is 18.7 Å². The molecule has 0 aromatic rings. The highest BCUT2D eigenvalue weighted by Gasteiger charge is 2.33. The SMILES string of the molecule is CC(C)C[C@H](NC(=O)OC[C@@H]1CCC(=O)N1CCC1CCCCC1)C(=O)N[C@H](C=O)C[C@@H]1CCNC1=O. The van der Waals surface area contributed by atoms with Crippen molar-refractivity contribution in [3.05, 3.63) is 0 Å². The van der Waals surface area contributed by atoms with E-state index in [-0.39, 0.29) is 42.7 Å². The van der Waals surface area contributed by atoms with E-state index in [9.17, 15) is 24.0 Å². The second kappa shape index (κ2) is 14.3. The number of nitrogens with zero attached hydrogens (tertiary/aromatic N) is 1. The molecule has 4 atom stereocenters. The van der Waals surface area contributed by atoms with Crippen LogP contribution in [-0.4, -0.2) is 72.8 Å². The number of ether oxygens (including phenoxy) is 1. The van der Waals surface area contributed by atoms with E-state index >= 15 is 0 Å². The Labute approximate surface area is 220 Å². The summed E-state index contributed by atoms with van der Waals surface area (Å²) in [5.74, 6) is -0.0226. The predicted octanol–water partition coefficient (Wildman–Crippen LogP) is 2.30. The van der Waals surface area contributed by atoms with Gasteiger partial charge in [0.15, 0.2) is 0 Å². The normalized spacial score (nSPS) is 24.0. The summed E-state index contributed by atoms with van der Waals surface area (Å²) in [5, 5.41) is 8.04. The Bertz CT molecular complexity index is 813. The Morgan fingerprint density at radius 3 is 2.51 bits per heavy atom. The van der Waals surface area contributed by atoms with Crippen LogP contribution in [-0.2, 0) is 23.9 Å². The highest BCUT2D eigenvalue weighted by atomic mass is 16.5. The maximum atomic E-state index is 12.9. The summed E-state index contributed by atoms with van der Waals surface area (Å²) in [7, 11) is 0. The third-order valence-electron chi connectivity index (χ3n) is 7.87. The van der Waals surface area contributed by atoms with E-state index < -0.39 is 24.1 Å². The molecule has 10 nitrogen and oxygen atoms in total. The zero-order valence-corrected chi connectivity index (χ0v) is 22.3. The van der Waals surface area contributed by atoms with Crippen molar-refractivity contribution in [1.82, 2.24) is 20.9 Å². The topological polar surface area (TPSA) is 134 Å². The second-order valence-electron chi connectivity index (χ2n) is 11.3. The molecule has 10 heteroatoms. The van der Waals surface area contributed by atoms with Crippen LogP contribution in [0.25, 0.3) is 0 Å². The lowest BCUT2D eigenvalue weighted by molar-refractivity contribution is -0.129. The number of aldehydes is 1. The molecule has 4 amide bonds. The van der Waals surface area contributed by atoms with Gasteiger partial charge in [0, 0.05) is 25.4 Å². The molecule has 0 aromatic heterocycles. The number of amides is 4. The maximum absolute atomic E-state index is 12.9. The van der Waals surface area contributed by atoms with Crippen LogP contribution >= 0.6 is 0 Å². The molecule has 3 fully saturated rings. The Balaban J connectivity index is 1.48. The van der Waals surface area contributed by atoms with Gasteiger partial charge in [-0.2, -0.15) is 0 Å². The monoisotopic (exact) mass is 520 g/mol. The molecule has 1 aliphatic carbocycles. The molecule has 3 N–H and O–H groups in total. The molecule has 2 saturated heterocycles. The van der Waals surface area contributed by atoms with Gasteiger partial charge in [-0.25, -0.2) is 4.79 Å². The molecule has 2 heterocycles. The van der Waals surface area contributed by atoms with Crippen molar-refractivity contribution in [3.63, 3.8) is 0 Å². The summed E-state index contributed by atoms with van der Waals surface area (Å²) in [6.07, 6.45) is 9.52. The number of carbonyl (C=O) groups excluding carboxylic acids is 5. The average Bonchev–Trinajstić information content (AvgIpc) is 3.44. The average molecular weight is 521 g/mol. The first-order valence-corrected chi connectivity index (χ1v) is 14.0. The molecule has 208 valence electrons. The van der Waals surface area contributed by atoms with Crippen LogP contribution < -0.4 is 16.0 Å². The Hall–Kier alpha value is -2.65. The summed E-state index contributed by atoms with van der Waals surface area (Å²) < 4.78 is 5.47. The van der Waals surface area contributed by atoms with Crippen molar-refractivity contribution in [2.45, 2.75) is 103 Å². The maximum Gasteiger partial charge on any atom is 0.407 e. The first kappa shape index (κ1) is 28.9. The zero-order chi connectivity index (χ0) is 26.8. The van der Waals surface area contributed by atoms with E-state index in [0.717, 1.165) is 6.42 Å². The lowest BCUT2D eigenvalue weighted by Gasteiger charge is -2.28. The van der Waals surface area contributed by atoms with Crippen LogP contribution in [0.3, 0.4) is 0 Å². The highest BCUT2D eigenvalue weighted by Crippen LogP contribution is 2.28. The van der Waals surface area contributed by atoms with Gasteiger partial charge in [-0.15, -0.1) is 0 Å². The quantitative estimate of drug-likeness (QED) is 0.319. The van der Waals surface area contributed by atoms with Gasteiger partial charge in [-0.1, -0.05) is 46.0 Å². The van der Waals surface area contributed by atoms with Crippen LogP contribution in [0.5, 0.6) is 0 Å². The minimum Gasteiger partial charge on any atom is -0.447 e. The molecule has 2 aliphatic heterocycles. The highest BCUT2D eigenvalue weighted by molar-refractivity contribution is 5.88. The van der Waals surface area contributed by atoms with E-state index in [2.05, 4.69) is 16.0 Å². The number of hydrogen-bond donors (Lipinski definition) is 3. The molecule has 1 saturated carbocycles. The Kier molecular flexibility index (Phi) is 11.2. The largest absolute Gasteiger partial charge is 0.447 e. The summed E-state index contributed by atoms with van der Waals surface area (Å²) in [6.45, 7) is 5.22. The summed E-state index contributed by atoms with van der Waals surface area (Å²) in [5.41, 5.74) is 0. The Morgan fingerprint density at radius 2 is 1.86 bits per heavy atom. The van der Waals surface area contributed by atoms with Gasteiger partial charge in [0.25, 0.3) is 0 Å². The van der Waals surface area contributed by atoms with E-state index in [1.165, 1.54) is 32.1 Å². The number of likely N-dealkylation sites (tertiary alicyclic amines) is 1. The third kappa shape index (κ3) is 9.00. The first-order chi connectivity index (χ1) is 17.8. The molecule has 0 spiro atoms. The fourth-order valence-corrected chi connectivity index (χ4v) is 5.74. The van der Waals surface area contributed by atoms with E-state index in [0.29, 0.717) is 51.0 Å². The van der Waals surface area contributed by atoms with Gasteiger partial charge in [0.2, 0.25) is 17.7 Å². The molecule has 3 rings (SSSR count). The molecule has 0 radical (unpaired) electrons. The molecular formula is C27H44N4O6. The minimum atomic E-state index is -0.875. The number of rotatable bonds is 13. The van der Waals surface area contributed by atoms with Gasteiger partial charge < -0.3 is 30.4 Å². The minimum absolute atomic E-state index is 0.0893. The second-order valence-corrected chi connectivity index (χ2v) is 11.3. The fourth-order valence-electron chi connectivity index (χ4n) is 5.74. The van der Waals surface area contributed by atoms with Gasteiger partial charge >= 0.3 is 6.09 Å². The van der Waals surface area contributed by atoms with Gasteiger partial charge in [0.1, 0.15) is 18.9 Å². The number of hydrogen-bond acceptors (Lipinski definition) is 6. The van der Waals surface area contributed by atoms with Gasteiger partial charge in [0.05, 0.1) is 12.1 Å². The van der Waals surface area contributed by atoms with Crippen molar-refractivity contribution in [1.29, 1.82) is 0 Å². The molecule has 3 aliphatic rings. The smallest absolute Gasteiger partial charge is 0.407 e. The lowest BCUT2D eigenvalue weighted by Crippen LogP contribution is -2.51. The standard InChI is InChI=1S/C27H44N4O6/c1-18(2)14-23(26(35)29-21(16-32)15-20-10-12-28-25(20)34)30-27(36)37-17-22-8-9-24(33)31(22)13-11-19-6-4-3-5-7-19/h16,18-23H,3-15,17H2,1-2H3,(H,28,34)(H,29,35)(H,30,36)/t20-,21-,22-,23-/m0/s1. The molecule has 0 aromatic carbocycles.